The molecule has 16 heteroatoms. The van der Waals surface area contributed by atoms with Crippen LogP contribution >= 0.6 is 7.82 Å². The molecule has 2 N–H and O–H groups in total. The van der Waals surface area contributed by atoms with E-state index < -0.39 is 56.2 Å². The van der Waals surface area contributed by atoms with Crippen molar-refractivity contribution in [2.24, 2.45) is 0 Å². The van der Waals surface area contributed by atoms with E-state index >= 15 is 4.39 Å². The molecule has 0 saturated carbocycles. The average Bonchev–Trinajstić information content (AvgIpc) is 3.19. The Hall–Kier alpha value is -3.78. The number of aliphatic hydroxyl groups is 1. The lowest BCUT2D eigenvalue weighted by molar-refractivity contribution is -0.193. The first kappa shape index (κ1) is 29.2. The molecule has 3 aromatic rings. The van der Waals surface area contributed by atoms with E-state index in [0.29, 0.717) is 16.1 Å². The molecule has 0 unspecified atom stereocenters. The summed E-state index contributed by atoms with van der Waals surface area (Å²) < 4.78 is 89.4. The van der Waals surface area contributed by atoms with Crippen LogP contribution in [0.2, 0.25) is 0 Å². The first-order valence-electron chi connectivity index (χ1n) is 11.5. The molecule has 0 spiro atoms. The van der Waals surface area contributed by atoms with Gasteiger partial charge in [-0.05, 0) is 48.5 Å². The number of aliphatic hydroxyl groups excluding tert-OH is 1. The highest BCUT2D eigenvalue weighted by Gasteiger charge is 2.62. The van der Waals surface area contributed by atoms with Gasteiger partial charge in [-0.15, -0.1) is 0 Å². The normalized spacial score (nSPS) is 22.7. The first-order valence-corrected chi connectivity index (χ1v) is 13.0. The Morgan fingerprint density at radius 2 is 1.48 bits per heavy atom. The SMILES string of the molecule is COc1ccc(OP(=O)(OC[C@@]2(C(F)F)O[C@@H](n3ccc(=O)[nH]c3=O)[C@H](F)[C@@H]2O)Oc2ccc(OC)cc2)cc1. The fraction of sp³-hybridized carbons (Fsp3) is 0.333. The third-order valence-electron chi connectivity index (χ3n) is 5.91. The number of hydrogen-bond acceptors (Lipinski definition) is 10. The van der Waals surface area contributed by atoms with Gasteiger partial charge in [0.2, 0.25) is 0 Å². The van der Waals surface area contributed by atoms with E-state index in [4.69, 9.17) is 27.8 Å². The molecule has 216 valence electrons. The summed E-state index contributed by atoms with van der Waals surface area (Å²) in [5.41, 5.74) is -5.12. The number of phosphoric acid groups is 1. The molecule has 2 heterocycles. The van der Waals surface area contributed by atoms with Crippen LogP contribution in [0.15, 0.2) is 70.4 Å². The van der Waals surface area contributed by atoms with Crippen molar-refractivity contribution in [1.82, 2.24) is 9.55 Å². The molecule has 0 amide bonds. The van der Waals surface area contributed by atoms with Gasteiger partial charge in [0.15, 0.2) is 18.0 Å². The summed E-state index contributed by atoms with van der Waals surface area (Å²) in [5, 5.41) is 10.5. The fourth-order valence-electron chi connectivity index (χ4n) is 3.77. The van der Waals surface area contributed by atoms with E-state index in [2.05, 4.69) is 0 Å². The van der Waals surface area contributed by atoms with E-state index in [1.54, 1.807) is 0 Å². The molecule has 1 saturated heterocycles. The Bertz CT molecular complexity index is 1410. The van der Waals surface area contributed by atoms with Crippen LogP contribution in [0.4, 0.5) is 13.2 Å². The Morgan fingerprint density at radius 1 is 0.975 bits per heavy atom. The zero-order valence-corrected chi connectivity index (χ0v) is 21.8. The number of methoxy groups -OCH3 is 2. The molecular formula is C24H24F3N2O10P. The van der Waals surface area contributed by atoms with Crippen molar-refractivity contribution in [3.05, 3.63) is 81.6 Å². The number of aromatic nitrogens is 2. The van der Waals surface area contributed by atoms with Gasteiger partial charge >= 0.3 is 13.5 Å². The Labute approximate surface area is 224 Å². The van der Waals surface area contributed by atoms with Gasteiger partial charge < -0.3 is 28.4 Å². The van der Waals surface area contributed by atoms with Gasteiger partial charge in [-0.3, -0.25) is 18.9 Å². The molecule has 0 radical (unpaired) electrons. The number of aromatic amines is 1. The van der Waals surface area contributed by atoms with Crippen molar-refractivity contribution < 1.29 is 50.6 Å². The highest BCUT2D eigenvalue weighted by molar-refractivity contribution is 7.49. The van der Waals surface area contributed by atoms with Crippen molar-refractivity contribution >= 4 is 7.82 Å². The average molecular weight is 588 g/mol. The molecule has 1 fully saturated rings. The van der Waals surface area contributed by atoms with Crippen LogP contribution in [0.3, 0.4) is 0 Å². The smallest absolute Gasteiger partial charge is 0.497 e. The van der Waals surface area contributed by atoms with Gasteiger partial charge in [0.05, 0.1) is 20.8 Å². The topological polar surface area (TPSA) is 148 Å². The van der Waals surface area contributed by atoms with Crippen LogP contribution in [0.1, 0.15) is 6.23 Å². The molecular weight excluding hydrogens is 564 g/mol. The number of hydrogen-bond donors (Lipinski definition) is 2. The number of nitrogens with zero attached hydrogens (tertiary/aromatic N) is 1. The Morgan fingerprint density at radius 3 is 1.93 bits per heavy atom. The molecule has 40 heavy (non-hydrogen) atoms. The Kier molecular flexibility index (Phi) is 8.59. The predicted octanol–water partition coefficient (Wildman–Crippen LogP) is 3.07. The summed E-state index contributed by atoms with van der Waals surface area (Å²) in [6, 6.07) is 12.0. The van der Waals surface area contributed by atoms with Crippen molar-refractivity contribution in [2.75, 3.05) is 20.8 Å². The fourth-order valence-corrected chi connectivity index (χ4v) is 5.03. The van der Waals surface area contributed by atoms with E-state index in [0.717, 1.165) is 12.3 Å². The van der Waals surface area contributed by atoms with E-state index in [1.807, 2.05) is 4.98 Å². The minimum absolute atomic E-state index is 0.0716. The largest absolute Gasteiger partial charge is 0.587 e. The third-order valence-corrected chi connectivity index (χ3v) is 7.23. The second-order valence-corrected chi connectivity index (χ2v) is 9.94. The third kappa shape index (κ3) is 6.02. The number of halogens is 3. The molecule has 4 rings (SSSR count). The van der Waals surface area contributed by atoms with Crippen LogP contribution in [0, 0.1) is 0 Å². The van der Waals surface area contributed by atoms with Crippen molar-refractivity contribution in [2.45, 2.75) is 30.5 Å². The van der Waals surface area contributed by atoms with Gasteiger partial charge in [0.25, 0.3) is 12.0 Å². The maximum Gasteiger partial charge on any atom is 0.587 e. The minimum atomic E-state index is -4.84. The minimum Gasteiger partial charge on any atom is -0.497 e. The molecule has 1 aromatic heterocycles. The van der Waals surface area contributed by atoms with E-state index in [9.17, 15) is 28.0 Å². The van der Waals surface area contributed by atoms with Gasteiger partial charge in [-0.2, -0.15) is 0 Å². The molecule has 1 aliphatic rings. The molecule has 2 aromatic carbocycles. The maximum atomic E-state index is 15.1. The first-order chi connectivity index (χ1) is 19.0. The summed E-state index contributed by atoms with van der Waals surface area (Å²) in [5.74, 6) is 0.710. The lowest BCUT2D eigenvalue weighted by Gasteiger charge is -2.31. The lowest BCUT2D eigenvalue weighted by Crippen LogP contribution is -2.52. The van der Waals surface area contributed by atoms with E-state index in [1.165, 1.54) is 62.8 Å². The standard InChI is InChI=1S/C24H24F3N2O10P/c1-34-14-3-7-16(8-4-14)38-40(33,39-17-9-5-15(35-2)6-10-17)36-13-24(22(26)27)20(31)19(25)21(37-24)29-12-11-18(30)28-23(29)32/h3-12,19-22,31H,13H2,1-2H3,(H,28,30,32)/t19-,20+,21-,24-/m1/s1. The second-order valence-electron chi connectivity index (χ2n) is 8.43. The van der Waals surface area contributed by atoms with Gasteiger partial charge in [-0.25, -0.2) is 22.5 Å². The summed E-state index contributed by atoms with van der Waals surface area (Å²) in [4.78, 5) is 25.3. The number of nitrogens with one attached hydrogen (secondary N) is 1. The van der Waals surface area contributed by atoms with Crippen LogP contribution < -0.4 is 29.8 Å². The summed E-state index contributed by atoms with van der Waals surface area (Å²) in [7, 11) is -2.01. The number of benzene rings is 2. The number of phosphoric ester groups is 1. The number of rotatable bonds is 11. The zero-order valence-electron chi connectivity index (χ0n) is 20.9. The second kappa shape index (κ2) is 11.8. The molecule has 4 atom stereocenters. The number of alkyl halides is 3. The molecule has 0 bridgehead atoms. The lowest BCUT2D eigenvalue weighted by atomic mass is 9.97. The predicted molar refractivity (Wildman–Crippen MR) is 132 cm³/mol. The summed E-state index contributed by atoms with van der Waals surface area (Å²) >= 11 is 0. The van der Waals surface area contributed by atoms with Crippen molar-refractivity contribution in [1.29, 1.82) is 0 Å². The van der Waals surface area contributed by atoms with Crippen LogP contribution in [-0.2, 0) is 13.8 Å². The number of H-pyrrole nitrogens is 1. The van der Waals surface area contributed by atoms with Gasteiger partial charge in [0.1, 0.15) is 29.1 Å². The van der Waals surface area contributed by atoms with Crippen molar-refractivity contribution in [3.63, 3.8) is 0 Å². The highest BCUT2D eigenvalue weighted by atomic mass is 31.2. The van der Waals surface area contributed by atoms with Gasteiger partial charge in [-0.1, -0.05) is 0 Å². The molecule has 1 aliphatic heterocycles. The number of ether oxygens (including phenoxy) is 3. The monoisotopic (exact) mass is 588 g/mol. The molecule has 12 nitrogen and oxygen atoms in total. The summed E-state index contributed by atoms with van der Waals surface area (Å²) in [6.45, 7) is -1.40. The molecule has 0 aliphatic carbocycles. The van der Waals surface area contributed by atoms with Crippen molar-refractivity contribution in [3.8, 4) is 23.0 Å². The van der Waals surface area contributed by atoms with E-state index in [-0.39, 0.29) is 11.5 Å². The van der Waals surface area contributed by atoms with Crippen LogP contribution in [0.25, 0.3) is 0 Å². The highest BCUT2D eigenvalue weighted by Crippen LogP contribution is 2.52. The quantitative estimate of drug-likeness (QED) is 0.320. The van der Waals surface area contributed by atoms with Crippen LogP contribution in [0.5, 0.6) is 23.0 Å². The van der Waals surface area contributed by atoms with Crippen LogP contribution in [-0.4, -0.2) is 59.8 Å². The summed E-state index contributed by atoms with van der Waals surface area (Å²) in [6.07, 6.45) is -10.0. The Balaban J connectivity index is 1.64. The zero-order chi connectivity index (χ0) is 29.1. The maximum absolute atomic E-state index is 15.1. The van der Waals surface area contributed by atoms with Gasteiger partial charge in [0, 0.05) is 12.3 Å².